The Kier molecular flexibility index (Phi) is 5.02. The summed E-state index contributed by atoms with van der Waals surface area (Å²) in [6, 6.07) is 12.5. The van der Waals surface area contributed by atoms with Crippen LogP contribution in [0.25, 0.3) is 0 Å². The summed E-state index contributed by atoms with van der Waals surface area (Å²) in [4.78, 5) is 11.6. The van der Waals surface area contributed by atoms with Crippen LogP contribution < -0.4 is 0 Å². The van der Waals surface area contributed by atoms with Crippen molar-refractivity contribution >= 4 is 37.6 Å². The monoisotopic (exact) mass is 462 g/mol. The zero-order chi connectivity index (χ0) is 18.4. The van der Waals surface area contributed by atoms with Crippen LogP contribution in [0.3, 0.4) is 0 Å². The predicted octanol–water partition coefficient (Wildman–Crippen LogP) is 6.99. The highest BCUT2D eigenvalue weighted by atomic mass is 79.9. The molecule has 2 aliphatic carbocycles. The van der Waals surface area contributed by atoms with Crippen LogP contribution in [0.4, 0.5) is 0 Å². The first kappa shape index (κ1) is 18.8. The summed E-state index contributed by atoms with van der Waals surface area (Å²) in [5, 5.41) is 0. The summed E-state index contributed by atoms with van der Waals surface area (Å²) < 4.78 is 2.25. The van der Waals surface area contributed by atoms with Crippen molar-refractivity contribution in [3.63, 3.8) is 0 Å². The van der Waals surface area contributed by atoms with E-state index in [4.69, 9.17) is 0 Å². The Morgan fingerprint density at radius 2 is 1.44 bits per heavy atom. The third kappa shape index (κ3) is 3.78. The molecule has 2 aromatic rings. The quantitative estimate of drug-likeness (QED) is 0.411. The highest BCUT2D eigenvalue weighted by Gasteiger charge is 2.35. The number of fused-ring (bicyclic) bond motifs is 2. The van der Waals surface area contributed by atoms with Crippen molar-refractivity contribution in [1.29, 1.82) is 0 Å². The van der Waals surface area contributed by atoms with Gasteiger partial charge in [-0.1, -0.05) is 65.6 Å². The molecular formula is C22H24Br2O. The molecule has 0 aromatic heterocycles. The summed E-state index contributed by atoms with van der Waals surface area (Å²) in [7, 11) is 0. The number of carbonyl (C=O) groups excluding carboxylic acids is 1. The number of carbonyl (C=O) groups is 1. The first-order valence-electron chi connectivity index (χ1n) is 8.72. The van der Waals surface area contributed by atoms with Gasteiger partial charge in [-0.2, -0.15) is 0 Å². The second-order valence-corrected chi connectivity index (χ2v) is 10.2. The van der Waals surface area contributed by atoms with Gasteiger partial charge in [0.1, 0.15) is 0 Å². The summed E-state index contributed by atoms with van der Waals surface area (Å²) in [6.45, 7) is 8.88. The maximum Gasteiger partial charge on any atom is 0.164 e. The molecule has 0 unspecified atom stereocenters. The fraction of sp³-hybridized carbons (Fsp3) is 0.409. The molecule has 0 saturated carbocycles. The largest absolute Gasteiger partial charge is 0.294 e. The molecule has 0 fully saturated rings. The molecule has 1 nitrogen and oxygen atoms in total. The number of aryl methyl sites for hydroxylation is 1. The maximum absolute atomic E-state index is 11.6. The Balaban J connectivity index is 0.000000146. The van der Waals surface area contributed by atoms with E-state index in [2.05, 4.69) is 83.8 Å². The first-order valence-corrected chi connectivity index (χ1v) is 10.3. The number of rotatable bonds is 0. The van der Waals surface area contributed by atoms with Crippen molar-refractivity contribution in [1.82, 2.24) is 0 Å². The van der Waals surface area contributed by atoms with Crippen LogP contribution in [0.15, 0.2) is 45.3 Å². The Morgan fingerprint density at radius 1 is 0.840 bits per heavy atom. The molecule has 0 atom stereocenters. The van der Waals surface area contributed by atoms with Crippen molar-refractivity contribution in [2.24, 2.45) is 0 Å². The molecule has 3 heteroatoms. The van der Waals surface area contributed by atoms with Crippen LogP contribution in [0.1, 0.15) is 67.6 Å². The lowest BCUT2D eigenvalue weighted by molar-refractivity contribution is 0.0979. The molecule has 0 spiro atoms. The number of Topliss-reactive ketones (excluding diaryl/α,β-unsaturated/α-hetero) is 1. The normalized spacial score (nSPS) is 19.0. The van der Waals surface area contributed by atoms with Crippen molar-refractivity contribution in [3.05, 3.63) is 67.6 Å². The van der Waals surface area contributed by atoms with Crippen LogP contribution in [0.5, 0.6) is 0 Å². The molecular weight excluding hydrogens is 440 g/mol. The van der Waals surface area contributed by atoms with Gasteiger partial charge in [-0.05, 0) is 70.7 Å². The fourth-order valence-electron chi connectivity index (χ4n) is 3.89. The van der Waals surface area contributed by atoms with Crippen LogP contribution in [-0.2, 0) is 17.3 Å². The summed E-state index contributed by atoms with van der Waals surface area (Å²) in [5.74, 6) is 0.271. The van der Waals surface area contributed by atoms with Gasteiger partial charge in [-0.15, -0.1) is 0 Å². The van der Waals surface area contributed by atoms with Gasteiger partial charge in [0.05, 0.1) is 0 Å². The molecule has 2 aliphatic rings. The lowest BCUT2D eigenvalue weighted by atomic mass is 9.87. The topological polar surface area (TPSA) is 17.1 Å². The van der Waals surface area contributed by atoms with E-state index in [1.807, 2.05) is 12.1 Å². The Hall–Kier alpha value is -0.930. The number of benzene rings is 2. The summed E-state index contributed by atoms with van der Waals surface area (Å²) in [5.41, 5.74) is 5.52. The first-order chi connectivity index (χ1) is 11.6. The average molecular weight is 464 g/mol. The minimum absolute atomic E-state index is 0.0101. The minimum atomic E-state index is 0.0101. The maximum atomic E-state index is 11.6. The van der Waals surface area contributed by atoms with Crippen LogP contribution in [-0.4, -0.2) is 5.78 Å². The summed E-state index contributed by atoms with van der Waals surface area (Å²) in [6.07, 6.45) is 3.17. The van der Waals surface area contributed by atoms with Crippen molar-refractivity contribution in [2.45, 2.75) is 57.8 Å². The number of hydrogen-bond donors (Lipinski definition) is 0. The number of hydrogen-bond acceptors (Lipinski definition) is 1. The lowest BCUT2D eigenvalue weighted by Gasteiger charge is -2.18. The molecule has 2 aromatic carbocycles. The molecule has 0 radical (unpaired) electrons. The molecule has 0 saturated heterocycles. The smallest absolute Gasteiger partial charge is 0.164 e. The SMILES string of the molecule is CC1(C)CC(=O)c2ccc(Br)cc21.CC1(C)CCc2ccc(Br)cc21. The fourth-order valence-corrected chi connectivity index (χ4v) is 4.61. The molecule has 0 amide bonds. The van der Waals surface area contributed by atoms with Crippen LogP contribution in [0, 0.1) is 0 Å². The highest BCUT2D eigenvalue weighted by Crippen LogP contribution is 2.40. The number of halogens is 2. The molecule has 132 valence electrons. The van der Waals surface area contributed by atoms with E-state index < -0.39 is 0 Å². The number of ketones is 1. The molecule has 4 rings (SSSR count). The molecule has 25 heavy (non-hydrogen) atoms. The average Bonchev–Trinajstić information content (AvgIpc) is 2.94. The van der Waals surface area contributed by atoms with Gasteiger partial charge < -0.3 is 0 Å². The Labute approximate surface area is 167 Å². The third-order valence-corrected chi connectivity index (χ3v) is 6.42. The predicted molar refractivity (Wildman–Crippen MR) is 112 cm³/mol. The molecule has 0 N–H and O–H groups in total. The van der Waals surface area contributed by atoms with Gasteiger partial charge in [0.25, 0.3) is 0 Å². The van der Waals surface area contributed by atoms with Gasteiger partial charge in [-0.25, -0.2) is 0 Å². The van der Waals surface area contributed by atoms with Crippen LogP contribution >= 0.6 is 31.9 Å². The van der Waals surface area contributed by atoms with E-state index in [-0.39, 0.29) is 11.2 Å². The summed E-state index contributed by atoms with van der Waals surface area (Å²) >= 11 is 6.94. The minimum Gasteiger partial charge on any atom is -0.294 e. The van der Waals surface area contributed by atoms with Gasteiger partial charge in [0, 0.05) is 20.9 Å². The molecule has 0 bridgehead atoms. The Morgan fingerprint density at radius 3 is 2.12 bits per heavy atom. The second-order valence-electron chi connectivity index (χ2n) is 8.36. The van der Waals surface area contributed by atoms with E-state index in [9.17, 15) is 4.79 Å². The van der Waals surface area contributed by atoms with Crippen molar-refractivity contribution < 1.29 is 4.79 Å². The second kappa shape index (κ2) is 6.66. The van der Waals surface area contributed by atoms with E-state index in [0.717, 1.165) is 10.0 Å². The zero-order valence-electron chi connectivity index (χ0n) is 15.2. The van der Waals surface area contributed by atoms with E-state index >= 15 is 0 Å². The van der Waals surface area contributed by atoms with Gasteiger partial charge >= 0.3 is 0 Å². The van der Waals surface area contributed by atoms with Crippen LogP contribution in [0.2, 0.25) is 0 Å². The van der Waals surface area contributed by atoms with Gasteiger partial charge in [0.15, 0.2) is 5.78 Å². The van der Waals surface area contributed by atoms with E-state index in [0.29, 0.717) is 11.8 Å². The lowest BCUT2D eigenvalue weighted by Crippen LogP contribution is -2.12. The van der Waals surface area contributed by atoms with Gasteiger partial charge in [0.2, 0.25) is 0 Å². The van der Waals surface area contributed by atoms with Crippen molar-refractivity contribution in [3.8, 4) is 0 Å². The van der Waals surface area contributed by atoms with E-state index in [1.165, 1.54) is 34.0 Å². The standard InChI is InChI=1S/C11H11BrO.C11H13Br/c1-11(2)6-10(13)8-4-3-7(12)5-9(8)11;1-11(2)6-5-8-3-4-9(12)7-10(8)11/h3-5H,6H2,1-2H3;3-4,7H,5-6H2,1-2H3. The van der Waals surface area contributed by atoms with Crippen molar-refractivity contribution in [2.75, 3.05) is 0 Å². The Bertz CT molecular complexity index is 834. The van der Waals surface area contributed by atoms with E-state index in [1.54, 1.807) is 0 Å². The zero-order valence-corrected chi connectivity index (χ0v) is 18.4. The molecule has 0 aliphatic heterocycles. The molecule has 0 heterocycles. The third-order valence-electron chi connectivity index (χ3n) is 5.43. The van der Waals surface area contributed by atoms with Gasteiger partial charge in [-0.3, -0.25) is 4.79 Å². The highest BCUT2D eigenvalue weighted by molar-refractivity contribution is 9.10.